The number of unbranched alkanes of at least 4 members (excludes halogenated alkanes) is 4. The van der Waals surface area contributed by atoms with Gasteiger partial charge in [-0.25, -0.2) is 0 Å². The third-order valence-electron chi connectivity index (χ3n) is 3.50. The zero-order valence-electron chi connectivity index (χ0n) is 14.1. The lowest BCUT2D eigenvalue weighted by molar-refractivity contribution is -0.125. The molecule has 0 saturated carbocycles. The normalized spacial score (nSPS) is 11.4. The summed E-state index contributed by atoms with van der Waals surface area (Å²) in [5, 5.41) is 0. The van der Waals surface area contributed by atoms with Crippen LogP contribution in [-0.2, 0) is 14.4 Å². The first-order valence-corrected chi connectivity index (χ1v) is 8.40. The van der Waals surface area contributed by atoms with Crippen LogP contribution in [0.5, 0.6) is 0 Å². The summed E-state index contributed by atoms with van der Waals surface area (Å²) in [6.07, 6.45) is 14.5. The maximum Gasteiger partial charge on any atom is 0.155 e. The molecule has 0 saturated heterocycles. The van der Waals surface area contributed by atoms with E-state index in [0.29, 0.717) is 12.8 Å². The number of hydrogen-bond acceptors (Lipinski definition) is 3. The first-order chi connectivity index (χ1) is 10.6. The molecule has 0 N–H and O–H groups in total. The molecule has 0 bridgehead atoms. The van der Waals surface area contributed by atoms with Crippen LogP contribution in [0.4, 0.5) is 0 Å². The standard InChI is InChI=1S/C19H30O3/c1-3-5-6-7-8-9-10-12-18(21)14-16-19(22)15-13-17(20)11-4-2/h3-5,11H,6-10,12-16H2,1-2H3/b5-3+,11-4+. The Balaban J connectivity index is 3.55. The van der Waals surface area contributed by atoms with E-state index in [-0.39, 0.29) is 36.6 Å². The molecular weight excluding hydrogens is 276 g/mol. The maximum atomic E-state index is 11.7. The first-order valence-electron chi connectivity index (χ1n) is 8.40. The highest BCUT2D eigenvalue weighted by Crippen LogP contribution is 2.09. The van der Waals surface area contributed by atoms with Crippen LogP contribution in [0.15, 0.2) is 24.3 Å². The molecular formula is C19H30O3. The van der Waals surface area contributed by atoms with Gasteiger partial charge in [-0.2, -0.15) is 0 Å². The van der Waals surface area contributed by atoms with Crippen molar-refractivity contribution < 1.29 is 14.4 Å². The van der Waals surface area contributed by atoms with E-state index in [9.17, 15) is 14.4 Å². The molecule has 0 aliphatic rings. The van der Waals surface area contributed by atoms with Gasteiger partial charge < -0.3 is 0 Å². The molecule has 3 heteroatoms. The Hall–Kier alpha value is -1.51. The number of carbonyl (C=O) groups excluding carboxylic acids is 3. The smallest absolute Gasteiger partial charge is 0.155 e. The van der Waals surface area contributed by atoms with Crippen LogP contribution in [-0.4, -0.2) is 17.3 Å². The maximum absolute atomic E-state index is 11.7. The highest BCUT2D eigenvalue weighted by atomic mass is 16.1. The molecule has 0 unspecified atom stereocenters. The van der Waals surface area contributed by atoms with E-state index in [1.54, 1.807) is 13.0 Å². The van der Waals surface area contributed by atoms with E-state index in [1.165, 1.54) is 12.5 Å². The minimum absolute atomic E-state index is 0.0116. The van der Waals surface area contributed by atoms with Crippen molar-refractivity contribution in [3.8, 4) is 0 Å². The van der Waals surface area contributed by atoms with Crippen molar-refractivity contribution in [1.29, 1.82) is 0 Å². The lowest BCUT2D eigenvalue weighted by Crippen LogP contribution is -2.06. The van der Waals surface area contributed by atoms with Crippen LogP contribution in [0.25, 0.3) is 0 Å². The molecule has 0 aromatic heterocycles. The predicted octanol–water partition coefficient (Wildman–Crippen LogP) is 4.75. The highest BCUT2D eigenvalue weighted by Gasteiger charge is 2.08. The number of allylic oxidation sites excluding steroid dienone is 4. The summed E-state index contributed by atoms with van der Waals surface area (Å²) in [6.45, 7) is 3.80. The Morgan fingerprint density at radius 2 is 1.27 bits per heavy atom. The molecule has 0 aliphatic carbocycles. The molecule has 0 aromatic carbocycles. The average Bonchev–Trinajstić information content (AvgIpc) is 2.50. The van der Waals surface area contributed by atoms with Crippen molar-refractivity contribution in [3.63, 3.8) is 0 Å². The fourth-order valence-corrected chi connectivity index (χ4v) is 2.17. The van der Waals surface area contributed by atoms with E-state index < -0.39 is 0 Å². The van der Waals surface area contributed by atoms with E-state index in [0.717, 1.165) is 25.7 Å². The van der Waals surface area contributed by atoms with E-state index in [4.69, 9.17) is 0 Å². The topological polar surface area (TPSA) is 51.2 Å². The summed E-state index contributed by atoms with van der Waals surface area (Å²) in [4.78, 5) is 34.5. The van der Waals surface area contributed by atoms with Gasteiger partial charge in [-0.3, -0.25) is 14.4 Å². The minimum atomic E-state index is -0.0277. The minimum Gasteiger partial charge on any atom is -0.300 e. The number of carbonyl (C=O) groups is 3. The van der Waals surface area contributed by atoms with Crippen molar-refractivity contribution in [2.24, 2.45) is 0 Å². The third-order valence-corrected chi connectivity index (χ3v) is 3.50. The van der Waals surface area contributed by atoms with Crippen LogP contribution in [0.1, 0.15) is 78.1 Å². The second-order valence-electron chi connectivity index (χ2n) is 5.57. The van der Waals surface area contributed by atoms with Crippen molar-refractivity contribution in [2.45, 2.75) is 78.1 Å². The van der Waals surface area contributed by atoms with Crippen LogP contribution >= 0.6 is 0 Å². The van der Waals surface area contributed by atoms with Crippen molar-refractivity contribution in [2.75, 3.05) is 0 Å². The number of hydrogen-bond donors (Lipinski definition) is 0. The zero-order chi connectivity index (χ0) is 16.6. The highest BCUT2D eigenvalue weighted by molar-refractivity contribution is 5.93. The molecule has 0 heterocycles. The molecule has 124 valence electrons. The van der Waals surface area contributed by atoms with Gasteiger partial charge in [0.25, 0.3) is 0 Å². The lowest BCUT2D eigenvalue weighted by atomic mass is 10.0. The van der Waals surface area contributed by atoms with Gasteiger partial charge in [0.1, 0.15) is 11.6 Å². The third kappa shape index (κ3) is 13.5. The van der Waals surface area contributed by atoms with Crippen LogP contribution in [0.2, 0.25) is 0 Å². The molecule has 0 atom stereocenters. The molecule has 0 rings (SSSR count). The summed E-state index contributed by atoms with van der Waals surface area (Å²) in [5.74, 6) is 0.152. The number of rotatable bonds is 14. The molecule has 0 aromatic rings. The van der Waals surface area contributed by atoms with E-state index in [1.807, 2.05) is 6.92 Å². The number of Topliss-reactive ketones (excluding diaryl/α,β-unsaturated/α-hetero) is 2. The van der Waals surface area contributed by atoms with E-state index in [2.05, 4.69) is 12.2 Å². The van der Waals surface area contributed by atoms with Crippen molar-refractivity contribution in [1.82, 2.24) is 0 Å². The van der Waals surface area contributed by atoms with Gasteiger partial charge in [0, 0.05) is 32.1 Å². The summed E-state index contributed by atoms with van der Waals surface area (Å²) >= 11 is 0. The molecule has 22 heavy (non-hydrogen) atoms. The van der Waals surface area contributed by atoms with Crippen molar-refractivity contribution in [3.05, 3.63) is 24.3 Å². The monoisotopic (exact) mass is 306 g/mol. The molecule has 3 nitrogen and oxygen atoms in total. The average molecular weight is 306 g/mol. The van der Waals surface area contributed by atoms with Crippen LogP contribution in [0, 0.1) is 0 Å². The van der Waals surface area contributed by atoms with Crippen molar-refractivity contribution >= 4 is 17.3 Å². The summed E-state index contributed by atoms with van der Waals surface area (Å²) in [7, 11) is 0. The first kappa shape index (κ1) is 20.5. The van der Waals surface area contributed by atoms with Gasteiger partial charge in [0.2, 0.25) is 0 Å². The zero-order valence-corrected chi connectivity index (χ0v) is 14.1. The van der Waals surface area contributed by atoms with Gasteiger partial charge in [-0.15, -0.1) is 0 Å². The largest absolute Gasteiger partial charge is 0.300 e. The Labute approximate surface area is 134 Å². The summed E-state index contributed by atoms with van der Waals surface area (Å²) < 4.78 is 0. The van der Waals surface area contributed by atoms with Crippen LogP contribution < -0.4 is 0 Å². The van der Waals surface area contributed by atoms with Crippen LogP contribution in [0.3, 0.4) is 0 Å². The summed E-state index contributed by atoms with van der Waals surface area (Å²) in [5.41, 5.74) is 0. The molecule has 0 aliphatic heterocycles. The van der Waals surface area contributed by atoms with Gasteiger partial charge >= 0.3 is 0 Å². The fourth-order valence-electron chi connectivity index (χ4n) is 2.17. The Morgan fingerprint density at radius 1 is 0.682 bits per heavy atom. The Morgan fingerprint density at radius 3 is 1.91 bits per heavy atom. The fraction of sp³-hybridized carbons (Fsp3) is 0.632. The molecule has 0 spiro atoms. The van der Waals surface area contributed by atoms with Gasteiger partial charge in [0.05, 0.1) is 0 Å². The van der Waals surface area contributed by atoms with Gasteiger partial charge in [-0.1, -0.05) is 31.1 Å². The second-order valence-corrected chi connectivity index (χ2v) is 5.57. The molecule has 0 amide bonds. The lowest BCUT2D eigenvalue weighted by Gasteiger charge is -2.01. The van der Waals surface area contributed by atoms with Gasteiger partial charge in [0.15, 0.2) is 5.78 Å². The molecule has 0 radical (unpaired) electrons. The van der Waals surface area contributed by atoms with Gasteiger partial charge in [-0.05, 0) is 39.2 Å². The Kier molecular flexibility index (Phi) is 13.4. The van der Waals surface area contributed by atoms with E-state index >= 15 is 0 Å². The second kappa shape index (κ2) is 14.4. The Bertz CT molecular complexity index is 391. The molecule has 0 fully saturated rings. The quantitative estimate of drug-likeness (QED) is 0.264. The SMILES string of the molecule is C/C=C/CCCCCCC(=O)CCC(=O)CCC(=O)/C=C/C. The predicted molar refractivity (Wildman–Crippen MR) is 90.8 cm³/mol. The number of ketones is 3. The summed E-state index contributed by atoms with van der Waals surface area (Å²) in [6, 6.07) is 0.